The Morgan fingerprint density at radius 1 is 0.541 bits per heavy atom. The Hall–Kier alpha value is -2.77. The Morgan fingerprint density at radius 2 is 0.892 bits per heavy atom. The van der Waals surface area contributed by atoms with Crippen LogP contribution in [0.5, 0.6) is 0 Å². The second-order valence-corrected chi connectivity index (χ2v) is 9.15. The molecule has 0 spiro atoms. The second kappa shape index (κ2) is 20.3. The lowest BCUT2D eigenvalue weighted by atomic mass is 10.0. The monoisotopic (exact) mass is 533 g/mol. The fourth-order valence-corrected chi connectivity index (χ4v) is 4.09. The largest absolute Gasteiger partial charge is 0.480 e. The number of carboxylic acid groups (broad SMARTS) is 5. The van der Waals surface area contributed by atoms with Crippen molar-refractivity contribution in [1.29, 1.82) is 0 Å². The smallest absolute Gasteiger partial charge is 0.320 e. The SMILES string of the molecule is CCCCCCCCCCC(C(=O)O)N(CCN(CC(=O)O)CC(=O)O)CCN(CC(=O)O)CC(=O)O. The summed E-state index contributed by atoms with van der Waals surface area (Å²) in [7, 11) is 0. The molecule has 0 saturated carbocycles. The fraction of sp³-hybridized carbons (Fsp3) is 0.792. The predicted octanol–water partition coefficient (Wildman–Crippen LogP) is 1.21. The summed E-state index contributed by atoms with van der Waals surface area (Å²) in [4.78, 5) is 60.5. The minimum Gasteiger partial charge on any atom is -0.480 e. The van der Waals surface area contributed by atoms with Gasteiger partial charge in [-0.1, -0.05) is 58.3 Å². The molecule has 1 unspecified atom stereocenters. The molecule has 0 aliphatic heterocycles. The summed E-state index contributed by atoms with van der Waals surface area (Å²) >= 11 is 0. The maximum atomic E-state index is 12.1. The Balaban J connectivity index is 5.35. The van der Waals surface area contributed by atoms with E-state index < -0.39 is 62.1 Å². The number of carbonyl (C=O) groups is 5. The van der Waals surface area contributed by atoms with E-state index in [-0.39, 0.29) is 26.2 Å². The molecular formula is C24H43N3O10. The van der Waals surface area contributed by atoms with E-state index >= 15 is 0 Å². The minimum absolute atomic E-state index is 0.0164. The molecule has 0 aromatic carbocycles. The lowest BCUT2D eigenvalue weighted by Gasteiger charge is -2.32. The Kier molecular flexibility index (Phi) is 18.8. The topological polar surface area (TPSA) is 196 Å². The highest BCUT2D eigenvalue weighted by Gasteiger charge is 2.27. The van der Waals surface area contributed by atoms with E-state index in [1.165, 1.54) is 27.5 Å². The van der Waals surface area contributed by atoms with E-state index in [0.717, 1.165) is 32.1 Å². The summed E-state index contributed by atoms with van der Waals surface area (Å²) in [5.74, 6) is -6.01. The van der Waals surface area contributed by atoms with E-state index in [4.69, 9.17) is 20.4 Å². The van der Waals surface area contributed by atoms with Gasteiger partial charge in [0.05, 0.1) is 26.2 Å². The molecule has 0 aromatic heterocycles. The highest BCUT2D eigenvalue weighted by molar-refractivity contribution is 5.74. The molecule has 13 nitrogen and oxygen atoms in total. The van der Waals surface area contributed by atoms with Crippen molar-refractivity contribution in [3.8, 4) is 0 Å². The normalized spacial score (nSPS) is 12.2. The van der Waals surface area contributed by atoms with Crippen LogP contribution in [0.2, 0.25) is 0 Å². The maximum absolute atomic E-state index is 12.1. The fourth-order valence-electron chi connectivity index (χ4n) is 4.09. The third-order valence-corrected chi connectivity index (χ3v) is 5.90. The average Bonchev–Trinajstić information content (AvgIpc) is 2.76. The standard InChI is InChI=1S/C24H43N3O10/c1-2-3-4-5-6-7-8-9-10-19(24(36)37)27(13-11-25(15-20(28)29)16-21(30)31)14-12-26(17-22(32)33)18-23(34)35/h19H,2-18H2,1H3,(H,28,29)(H,30,31)(H,32,33)(H,34,35)(H,36,37). The molecule has 0 saturated heterocycles. The van der Waals surface area contributed by atoms with Gasteiger partial charge in [0.15, 0.2) is 0 Å². The van der Waals surface area contributed by atoms with E-state index in [2.05, 4.69) is 6.92 Å². The molecule has 5 N–H and O–H groups in total. The van der Waals surface area contributed by atoms with E-state index in [1.807, 2.05) is 0 Å². The summed E-state index contributed by atoms with van der Waals surface area (Å²) in [6.07, 6.45) is 8.50. The van der Waals surface area contributed by atoms with Crippen LogP contribution in [0.25, 0.3) is 0 Å². The molecule has 0 fully saturated rings. The van der Waals surface area contributed by atoms with Crippen LogP contribution < -0.4 is 0 Å². The van der Waals surface area contributed by atoms with Gasteiger partial charge >= 0.3 is 29.8 Å². The average molecular weight is 534 g/mol. The zero-order valence-corrected chi connectivity index (χ0v) is 21.7. The minimum atomic E-state index is -1.23. The number of unbranched alkanes of at least 4 members (excludes halogenated alkanes) is 7. The van der Waals surface area contributed by atoms with Gasteiger partial charge < -0.3 is 25.5 Å². The van der Waals surface area contributed by atoms with Crippen molar-refractivity contribution in [3.63, 3.8) is 0 Å². The highest BCUT2D eigenvalue weighted by Crippen LogP contribution is 2.14. The number of aliphatic carboxylic acids is 5. The van der Waals surface area contributed by atoms with Crippen LogP contribution in [0.4, 0.5) is 0 Å². The first-order valence-electron chi connectivity index (χ1n) is 12.7. The van der Waals surface area contributed by atoms with Crippen LogP contribution in [0.3, 0.4) is 0 Å². The summed E-state index contributed by atoms with van der Waals surface area (Å²) in [6, 6.07) is -0.965. The number of hydrogen-bond acceptors (Lipinski definition) is 8. The van der Waals surface area contributed by atoms with Gasteiger partial charge in [-0.2, -0.15) is 0 Å². The number of rotatable bonds is 25. The molecule has 1 atom stereocenters. The summed E-state index contributed by atoms with van der Waals surface area (Å²) < 4.78 is 0. The lowest BCUT2D eigenvalue weighted by molar-refractivity contribution is -0.146. The Labute approximate surface area is 217 Å². The zero-order chi connectivity index (χ0) is 28.2. The zero-order valence-electron chi connectivity index (χ0n) is 21.7. The van der Waals surface area contributed by atoms with Gasteiger partial charge in [0, 0.05) is 26.2 Å². The van der Waals surface area contributed by atoms with Crippen molar-refractivity contribution in [1.82, 2.24) is 14.7 Å². The van der Waals surface area contributed by atoms with Crippen LogP contribution in [0.1, 0.15) is 64.7 Å². The molecule has 0 aromatic rings. The first-order chi connectivity index (χ1) is 17.5. The molecule has 0 radical (unpaired) electrons. The molecule has 0 aliphatic carbocycles. The molecule has 13 heteroatoms. The molecular weight excluding hydrogens is 490 g/mol. The van der Waals surface area contributed by atoms with Crippen molar-refractivity contribution >= 4 is 29.8 Å². The maximum Gasteiger partial charge on any atom is 0.320 e. The van der Waals surface area contributed by atoms with Gasteiger partial charge in [-0.05, 0) is 6.42 Å². The van der Waals surface area contributed by atoms with Crippen molar-refractivity contribution in [2.24, 2.45) is 0 Å². The van der Waals surface area contributed by atoms with Crippen molar-refractivity contribution in [2.75, 3.05) is 52.4 Å². The van der Waals surface area contributed by atoms with E-state index in [0.29, 0.717) is 12.8 Å². The first-order valence-corrected chi connectivity index (χ1v) is 12.7. The third-order valence-electron chi connectivity index (χ3n) is 5.90. The summed E-state index contributed by atoms with van der Waals surface area (Å²) in [5, 5.41) is 46.2. The molecule has 0 heterocycles. The van der Waals surface area contributed by atoms with Gasteiger partial charge in [-0.3, -0.25) is 38.7 Å². The highest BCUT2D eigenvalue weighted by atomic mass is 16.4. The van der Waals surface area contributed by atoms with E-state index in [9.17, 15) is 29.1 Å². The van der Waals surface area contributed by atoms with Gasteiger partial charge in [-0.25, -0.2) is 0 Å². The molecule has 0 amide bonds. The van der Waals surface area contributed by atoms with Crippen molar-refractivity contribution < 1.29 is 49.5 Å². The molecule has 0 rings (SSSR count). The van der Waals surface area contributed by atoms with Gasteiger partial charge in [0.25, 0.3) is 0 Å². The van der Waals surface area contributed by atoms with Crippen molar-refractivity contribution in [3.05, 3.63) is 0 Å². The van der Waals surface area contributed by atoms with Crippen LogP contribution in [-0.4, -0.2) is 128 Å². The summed E-state index contributed by atoms with van der Waals surface area (Å²) in [6.45, 7) is -0.0798. The number of hydrogen-bond donors (Lipinski definition) is 5. The van der Waals surface area contributed by atoms with Crippen LogP contribution in [0.15, 0.2) is 0 Å². The number of nitrogens with zero attached hydrogens (tertiary/aromatic N) is 3. The Bertz CT molecular complexity index is 647. The van der Waals surface area contributed by atoms with Gasteiger partial charge in [0.2, 0.25) is 0 Å². The van der Waals surface area contributed by atoms with Crippen LogP contribution in [0, 0.1) is 0 Å². The third kappa shape index (κ3) is 19.1. The number of carboxylic acids is 5. The summed E-state index contributed by atoms with van der Waals surface area (Å²) in [5.41, 5.74) is 0. The quantitative estimate of drug-likeness (QED) is 0.105. The van der Waals surface area contributed by atoms with Crippen LogP contribution >= 0.6 is 0 Å². The molecule has 37 heavy (non-hydrogen) atoms. The Morgan fingerprint density at radius 3 is 1.22 bits per heavy atom. The molecule has 0 aliphatic rings. The van der Waals surface area contributed by atoms with Gasteiger partial charge in [-0.15, -0.1) is 0 Å². The van der Waals surface area contributed by atoms with Crippen LogP contribution in [-0.2, 0) is 24.0 Å². The predicted molar refractivity (Wildman–Crippen MR) is 134 cm³/mol. The van der Waals surface area contributed by atoms with Crippen molar-refractivity contribution in [2.45, 2.75) is 70.8 Å². The van der Waals surface area contributed by atoms with Gasteiger partial charge in [0.1, 0.15) is 6.04 Å². The molecule has 214 valence electrons. The van der Waals surface area contributed by atoms with E-state index in [1.54, 1.807) is 0 Å². The molecule has 0 bridgehead atoms. The lowest BCUT2D eigenvalue weighted by Crippen LogP contribution is -2.50. The second-order valence-electron chi connectivity index (χ2n) is 9.15. The first kappa shape index (κ1) is 34.2.